The van der Waals surface area contributed by atoms with Crippen molar-refractivity contribution in [2.45, 2.75) is 39.0 Å². The van der Waals surface area contributed by atoms with Crippen LogP contribution in [0.5, 0.6) is 0 Å². The Bertz CT molecular complexity index is 686. The van der Waals surface area contributed by atoms with Gasteiger partial charge in [-0.3, -0.25) is 4.79 Å². The van der Waals surface area contributed by atoms with E-state index in [9.17, 15) is 4.79 Å². The summed E-state index contributed by atoms with van der Waals surface area (Å²) in [4.78, 5) is 22.7. The maximum Gasteiger partial charge on any atom is 0.222 e. The Morgan fingerprint density at radius 3 is 2.73 bits per heavy atom. The van der Waals surface area contributed by atoms with Crippen molar-refractivity contribution in [3.8, 4) is 0 Å². The average molecular weight is 372 g/mol. The first-order valence-electron chi connectivity index (χ1n) is 9.65. The number of thiazole rings is 1. The molecule has 1 aliphatic heterocycles. The van der Waals surface area contributed by atoms with Crippen LogP contribution in [-0.4, -0.2) is 53.4 Å². The fourth-order valence-electron chi connectivity index (χ4n) is 3.54. The first-order valence-corrected chi connectivity index (χ1v) is 10.5. The monoisotopic (exact) mass is 371 g/mol. The van der Waals surface area contributed by atoms with Gasteiger partial charge in [-0.15, -0.1) is 11.3 Å². The van der Waals surface area contributed by atoms with Crippen molar-refractivity contribution in [2.75, 3.05) is 32.7 Å². The van der Waals surface area contributed by atoms with Crippen LogP contribution in [0, 0.1) is 6.92 Å². The topological polar surface area (TPSA) is 36.4 Å². The number of carbonyl (C=O) groups is 1. The highest BCUT2D eigenvalue weighted by molar-refractivity contribution is 7.09. The third kappa shape index (κ3) is 5.64. The van der Waals surface area contributed by atoms with Crippen molar-refractivity contribution in [1.82, 2.24) is 14.8 Å². The molecule has 4 nitrogen and oxygen atoms in total. The van der Waals surface area contributed by atoms with Gasteiger partial charge in [0.1, 0.15) is 0 Å². The second kappa shape index (κ2) is 9.83. The molecule has 1 aromatic carbocycles. The van der Waals surface area contributed by atoms with Crippen LogP contribution in [0.25, 0.3) is 0 Å². The minimum Gasteiger partial charge on any atom is -0.341 e. The molecule has 0 atom stereocenters. The molecule has 5 heteroatoms. The maximum absolute atomic E-state index is 12.6. The number of carbonyl (C=O) groups excluding carboxylic acids is 1. The fourth-order valence-corrected chi connectivity index (χ4v) is 4.32. The number of hydrogen-bond donors (Lipinski definition) is 0. The molecule has 1 aromatic heterocycles. The first kappa shape index (κ1) is 19.1. The summed E-state index contributed by atoms with van der Waals surface area (Å²) in [5.41, 5.74) is 4.36. The lowest BCUT2D eigenvalue weighted by molar-refractivity contribution is -0.131. The van der Waals surface area contributed by atoms with Gasteiger partial charge in [-0.1, -0.05) is 30.3 Å². The molecule has 1 amide bonds. The molecule has 3 rings (SSSR count). The molecule has 0 radical (unpaired) electrons. The zero-order chi connectivity index (χ0) is 18.2. The SMILES string of the molecule is Cc1ncsc1CCC(=O)N1CCCN(CCCc2ccccc2)CC1. The molecule has 1 fully saturated rings. The average Bonchev–Trinajstić information content (AvgIpc) is 2.92. The fraction of sp³-hybridized carbons (Fsp3) is 0.524. The molecule has 0 bridgehead atoms. The molecule has 2 aromatic rings. The molecule has 2 heterocycles. The van der Waals surface area contributed by atoms with E-state index < -0.39 is 0 Å². The standard InChI is InChI=1S/C21H29N3OS/c1-18-20(26-17-22-18)10-11-21(25)24-14-6-13-23(15-16-24)12-5-9-19-7-3-2-4-8-19/h2-4,7-8,17H,5-6,9-16H2,1H3. The summed E-state index contributed by atoms with van der Waals surface area (Å²) in [6, 6.07) is 10.7. The summed E-state index contributed by atoms with van der Waals surface area (Å²) in [6.45, 7) is 7.01. The summed E-state index contributed by atoms with van der Waals surface area (Å²) in [7, 11) is 0. The third-order valence-electron chi connectivity index (χ3n) is 5.13. The molecular formula is C21H29N3OS. The zero-order valence-electron chi connectivity index (χ0n) is 15.7. The van der Waals surface area contributed by atoms with Crippen molar-refractivity contribution in [2.24, 2.45) is 0 Å². The molecule has 0 saturated carbocycles. The summed E-state index contributed by atoms with van der Waals surface area (Å²) < 4.78 is 0. The highest BCUT2D eigenvalue weighted by Crippen LogP contribution is 2.15. The largest absolute Gasteiger partial charge is 0.341 e. The summed E-state index contributed by atoms with van der Waals surface area (Å²) in [5, 5.41) is 0. The van der Waals surface area contributed by atoms with Crippen LogP contribution in [0.4, 0.5) is 0 Å². The van der Waals surface area contributed by atoms with E-state index in [-0.39, 0.29) is 0 Å². The van der Waals surface area contributed by atoms with Crippen LogP contribution in [0.3, 0.4) is 0 Å². The number of amides is 1. The number of aromatic nitrogens is 1. The Morgan fingerprint density at radius 2 is 1.96 bits per heavy atom. The number of aryl methyl sites for hydroxylation is 3. The molecule has 0 aliphatic carbocycles. The van der Waals surface area contributed by atoms with E-state index in [1.54, 1.807) is 11.3 Å². The number of hydrogen-bond acceptors (Lipinski definition) is 4. The van der Waals surface area contributed by atoms with Crippen LogP contribution in [0.15, 0.2) is 35.8 Å². The summed E-state index contributed by atoms with van der Waals surface area (Å²) in [6.07, 6.45) is 4.83. The lowest BCUT2D eigenvalue weighted by Gasteiger charge is -2.22. The second-order valence-corrected chi connectivity index (χ2v) is 7.97. The van der Waals surface area contributed by atoms with Crippen LogP contribution in [0.1, 0.15) is 35.4 Å². The van der Waals surface area contributed by atoms with Gasteiger partial charge in [-0.25, -0.2) is 4.98 Å². The highest BCUT2D eigenvalue weighted by Gasteiger charge is 2.19. The third-order valence-corrected chi connectivity index (χ3v) is 6.13. The number of rotatable bonds is 7. The van der Waals surface area contributed by atoms with Gasteiger partial charge in [0.15, 0.2) is 0 Å². The number of benzene rings is 1. The van der Waals surface area contributed by atoms with Crippen LogP contribution < -0.4 is 0 Å². The molecule has 1 aliphatic rings. The highest BCUT2D eigenvalue weighted by atomic mass is 32.1. The Kier molecular flexibility index (Phi) is 7.21. The smallest absolute Gasteiger partial charge is 0.222 e. The van der Waals surface area contributed by atoms with Gasteiger partial charge < -0.3 is 9.80 Å². The second-order valence-electron chi connectivity index (χ2n) is 7.03. The maximum atomic E-state index is 12.6. The molecular weight excluding hydrogens is 342 g/mol. The van der Waals surface area contributed by atoms with Crippen LogP contribution in [0.2, 0.25) is 0 Å². The molecule has 140 valence electrons. The molecule has 0 N–H and O–H groups in total. The van der Waals surface area contributed by atoms with Crippen LogP contribution >= 0.6 is 11.3 Å². The minimum absolute atomic E-state index is 0.295. The van der Waals surface area contributed by atoms with E-state index in [0.29, 0.717) is 12.3 Å². The van der Waals surface area contributed by atoms with Gasteiger partial charge >= 0.3 is 0 Å². The predicted molar refractivity (Wildman–Crippen MR) is 108 cm³/mol. The predicted octanol–water partition coefficient (Wildman–Crippen LogP) is 3.55. The van der Waals surface area contributed by atoms with Gasteiger partial charge in [-0.05, 0) is 51.3 Å². The van der Waals surface area contributed by atoms with Crippen molar-refractivity contribution in [1.29, 1.82) is 0 Å². The van der Waals surface area contributed by atoms with Crippen molar-refractivity contribution in [3.05, 3.63) is 52.0 Å². The van der Waals surface area contributed by atoms with Crippen molar-refractivity contribution in [3.63, 3.8) is 0 Å². The Labute approximate surface area is 160 Å². The Balaban J connectivity index is 1.38. The van der Waals surface area contributed by atoms with Gasteiger partial charge in [0.05, 0.1) is 11.2 Å². The van der Waals surface area contributed by atoms with E-state index in [4.69, 9.17) is 0 Å². The van der Waals surface area contributed by atoms with E-state index >= 15 is 0 Å². The quantitative estimate of drug-likeness (QED) is 0.747. The lowest BCUT2D eigenvalue weighted by Crippen LogP contribution is -2.35. The normalized spacial score (nSPS) is 15.8. The van der Waals surface area contributed by atoms with Crippen LogP contribution in [-0.2, 0) is 17.6 Å². The van der Waals surface area contributed by atoms with E-state index in [0.717, 1.165) is 57.7 Å². The van der Waals surface area contributed by atoms with Gasteiger partial charge in [0.2, 0.25) is 5.91 Å². The van der Waals surface area contributed by atoms with E-state index in [1.807, 2.05) is 12.4 Å². The lowest BCUT2D eigenvalue weighted by atomic mass is 10.1. The zero-order valence-corrected chi connectivity index (χ0v) is 16.5. The van der Waals surface area contributed by atoms with Crippen molar-refractivity contribution < 1.29 is 4.79 Å². The minimum atomic E-state index is 0.295. The van der Waals surface area contributed by atoms with Gasteiger partial charge in [0.25, 0.3) is 0 Å². The van der Waals surface area contributed by atoms with Crippen molar-refractivity contribution >= 4 is 17.2 Å². The summed E-state index contributed by atoms with van der Waals surface area (Å²) >= 11 is 1.66. The van der Waals surface area contributed by atoms with E-state index in [2.05, 4.69) is 45.1 Å². The molecule has 0 spiro atoms. The Morgan fingerprint density at radius 1 is 1.12 bits per heavy atom. The van der Waals surface area contributed by atoms with Gasteiger partial charge in [-0.2, -0.15) is 0 Å². The summed E-state index contributed by atoms with van der Waals surface area (Å²) in [5.74, 6) is 0.295. The Hall–Kier alpha value is -1.72. The van der Waals surface area contributed by atoms with Gasteiger partial charge in [0, 0.05) is 30.9 Å². The molecule has 0 unspecified atom stereocenters. The van der Waals surface area contributed by atoms with E-state index in [1.165, 1.54) is 16.9 Å². The molecule has 26 heavy (non-hydrogen) atoms. The molecule has 1 saturated heterocycles. The number of nitrogens with zero attached hydrogens (tertiary/aromatic N) is 3. The first-order chi connectivity index (χ1) is 12.7.